The highest BCUT2D eigenvalue weighted by Gasteiger charge is 2.19. The third kappa shape index (κ3) is 12.0. The van der Waals surface area contributed by atoms with E-state index in [-0.39, 0.29) is 46.1 Å². The third-order valence-electron chi connectivity index (χ3n) is 4.91. The molecule has 0 aliphatic carbocycles. The van der Waals surface area contributed by atoms with Gasteiger partial charge in [-0.05, 0) is 55.8 Å². The van der Waals surface area contributed by atoms with Gasteiger partial charge in [0.1, 0.15) is 37.9 Å². The van der Waals surface area contributed by atoms with E-state index in [1.807, 2.05) is 0 Å². The molecule has 0 saturated carbocycles. The molecule has 40 heavy (non-hydrogen) atoms. The normalized spacial score (nSPS) is 11.9. The topological polar surface area (TPSA) is 176 Å². The Hall–Kier alpha value is -4.36. The van der Waals surface area contributed by atoms with Crippen LogP contribution in [0.15, 0.2) is 48.5 Å². The molecule has 2 atom stereocenters. The van der Waals surface area contributed by atoms with Crippen molar-refractivity contribution in [3.8, 4) is 11.5 Å². The van der Waals surface area contributed by atoms with Gasteiger partial charge in [0.05, 0.1) is 19.6 Å². The predicted octanol–water partition coefficient (Wildman–Crippen LogP) is 1.63. The van der Waals surface area contributed by atoms with Gasteiger partial charge in [-0.2, -0.15) is 0 Å². The summed E-state index contributed by atoms with van der Waals surface area (Å²) in [5.41, 5.74) is 1.11. The van der Waals surface area contributed by atoms with Gasteiger partial charge in [-0.15, -0.1) is 0 Å². The fourth-order valence-corrected chi connectivity index (χ4v) is 3.00. The Labute approximate surface area is 230 Å². The van der Waals surface area contributed by atoms with Gasteiger partial charge in [-0.25, -0.2) is 14.4 Å². The molecule has 0 spiro atoms. The zero-order valence-corrected chi connectivity index (χ0v) is 22.2. The van der Waals surface area contributed by atoms with Gasteiger partial charge in [0.15, 0.2) is 12.2 Å². The first kappa shape index (κ1) is 31.9. The molecular formula is C27H33NO12. The number of carbonyl (C=O) groups is 4. The number of benzene rings is 2. The Balaban J connectivity index is 1.66. The molecule has 0 saturated heterocycles. The quantitative estimate of drug-likeness (QED) is 0.153. The highest BCUT2D eigenvalue weighted by Crippen LogP contribution is 2.18. The summed E-state index contributed by atoms with van der Waals surface area (Å²) in [6.07, 6.45) is -2.57. The summed E-state index contributed by atoms with van der Waals surface area (Å²) in [6, 6.07) is 12.7. The average molecular weight is 564 g/mol. The standard InChI is InChI=1S/C27H33NO12/c1-18(39-22-7-3-20(4-8-22)17-24(31)35-13-11-29)25(32)36-15-16-37-26(33)19(2)40-23-9-5-21(6-10-23)28-27(34)38-14-12-30/h3-10,18-19,29-30H,11-17H2,1-2H3,(H,28,34). The van der Waals surface area contributed by atoms with E-state index in [2.05, 4.69) is 5.32 Å². The van der Waals surface area contributed by atoms with Crippen LogP contribution in [0, 0.1) is 0 Å². The van der Waals surface area contributed by atoms with Crippen LogP contribution in [0.2, 0.25) is 0 Å². The number of hydrogen-bond donors (Lipinski definition) is 3. The smallest absolute Gasteiger partial charge is 0.411 e. The maximum absolute atomic E-state index is 12.2. The number of aliphatic hydroxyl groups excluding tert-OH is 2. The van der Waals surface area contributed by atoms with Gasteiger partial charge < -0.3 is 38.6 Å². The van der Waals surface area contributed by atoms with E-state index < -0.39 is 36.2 Å². The van der Waals surface area contributed by atoms with Crippen LogP contribution >= 0.6 is 0 Å². The van der Waals surface area contributed by atoms with Crippen LogP contribution in [0.25, 0.3) is 0 Å². The maximum Gasteiger partial charge on any atom is 0.411 e. The molecule has 2 rings (SSSR count). The van der Waals surface area contributed by atoms with Crippen LogP contribution in [-0.4, -0.2) is 86.1 Å². The minimum Gasteiger partial charge on any atom is -0.479 e. The van der Waals surface area contributed by atoms with Crippen molar-refractivity contribution in [3.63, 3.8) is 0 Å². The first-order valence-electron chi connectivity index (χ1n) is 12.4. The van der Waals surface area contributed by atoms with Crippen LogP contribution in [0.3, 0.4) is 0 Å². The maximum atomic E-state index is 12.2. The fraction of sp³-hybridized carbons (Fsp3) is 0.407. The lowest BCUT2D eigenvalue weighted by Crippen LogP contribution is -2.30. The van der Waals surface area contributed by atoms with Gasteiger partial charge >= 0.3 is 24.0 Å². The van der Waals surface area contributed by atoms with E-state index in [0.717, 1.165) is 0 Å². The highest BCUT2D eigenvalue weighted by atomic mass is 16.6. The molecule has 3 N–H and O–H groups in total. The second kappa shape index (κ2) is 17.3. The van der Waals surface area contributed by atoms with E-state index in [1.165, 1.54) is 26.0 Å². The summed E-state index contributed by atoms with van der Waals surface area (Å²) in [5, 5.41) is 19.8. The van der Waals surface area contributed by atoms with Crippen molar-refractivity contribution in [2.45, 2.75) is 32.5 Å². The van der Waals surface area contributed by atoms with Gasteiger partial charge in [0.25, 0.3) is 0 Å². The molecule has 0 aliphatic heterocycles. The van der Waals surface area contributed by atoms with E-state index in [0.29, 0.717) is 22.7 Å². The molecule has 0 aliphatic rings. The molecule has 13 nitrogen and oxygen atoms in total. The highest BCUT2D eigenvalue weighted by molar-refractivity contribution is 5.84. The number of amides is 1. The first-order valence-corrected chi connectivity index (χ1v) is 12.4. The zero-order chi connectivity index (χ0) is 29.3. The SMILES string of the molecule is CC(Oc1ccc(CC(=O)OCCO)cc1)C(=O)OCCOC(=O)C(C)Oc1ccc(NC(=O)OCCO)cc1. The number of aliphatic hydroxyl groups is 2. The summed E-state index contributed by atoms with van der Waals surface area (Å²) in [4.78, 5) is 47.4. The molecule has 2 unspecified atom stereocenters. The van der Waals surface area contributed by atoms with E-state index in [1.54, 1.807) is 36.4 Å². The van der Waals surface area contributed by atoms with E-state index >= 15 is 0 Å². The summed E-state index contributed by atoms with van der Waals surface area (Å²) < 4.78 is 30.7. The number of carbonyl (C=O) groups excluding carboxylic acids is 4. The van der Waals surface area contributed by atoms with Crippen LogP contribution < -0.4 is 14.8 Å². The molecule has 0 radical (unpaired) electrons. The Kier molecular flexibility index (Phi) is 13.8. The van der Waals surface area contributed by atoms with Crippen molar-refractivity contribution >= 4 is 29.7 Å². The predicted molar refractivity (Wildman–Crippen MR) is 139 cm³/mol. The second-order valence-electron chi connectivity index (χ2n) is 8.13. The Bertz CT molecular complexity index is 1000. The Morgan fingerprint density at radius 1 is 0.675 bits per heavy atom. The molecular weight excluding hydrogens is 530 g/mol. The molecule has 0 fully saturated rings. The summed E-state index contributed by atoms with van der Waals surface area (Å²) in [7, 11) is 0. The summed E-state index contributed by atoms with van der Waals surface area (Å²) in [6.45, 7) is 1.91. The lowest BCUT2D eigenvalue weighted by molar-refractivity contribution is -0.159. The molecule has 218 valence electrons. The van der Waals surface area contributed by atoms with Crippen LogP contribution in [0.1, 0.15) is 19.4 Å². The van der Waals surface area contributed by atoms with Crippen LogP contribution in [-0.2, 0) is 39.8 Å². The van der Waals surface area contributed by atoms with Gasteiger partial charge in [-0.1, -0.05) is 12.1 Å². The number of esters is 3. The molecule has 2 aromatic rings. The minimum atomic E-state index is -0.953. The second-order valence-corrected chi connectivity index (χ2v) is 8.13. The number of ether oxygens (including phenoxy) is 6. The minimum absolute atomic E-state index is 0.0365. The average Bonchev–Trinajstić information content (AvgIpc) is 2.94. The number of nitrogens with one attached hydrogen (secondary N) is 1. The number of anilines is 1. The monoisotopic (exact) mass is 563 g/mol. The van der Waals surface area contributed by atoms with E-state index in [9.17, 15) is 19.2 Å². The number of rotatable bonds is 16. The van der Waals surface area contributed by atoms with Crippen molar-refractivity contribution in [3.05, 3.63) is 54.1 Å². The summed E-state index contributed by atoms with van der Waals surface area (Å²) in [5.74, 6) is -1.06. The van der Waals surface area contributed by atoms with E-state index in [4.69, 9.17) is 38.6 Å². The van der Waals surface area contributed by atoms with Crippen LogP contribution in [0.4, 0.5) is 10.5 Å². The first-order chi connectivity index (χ1) is 19.2. The van der Waals surface area contributed by atoms with Crippen molar-refractivity contribution in [2.75, 3.05) is 45.0 Å². The van der Waals surface area contributed by atoms with Gasteiger partial charge in [-0.3, -0.25) is 10.1 Å². The third-order valence-corrected chi connectivity index (χ3v) is 4.91. The molecule has 2 aromatic carbocycles. The number of hydrogen-bond acceptors (Lipinski definition) is 12. The summed E-state index contributed by atoms with van der Waals surface area (Å²) >= 11 is 0. The molecule has 0 bridgehead atoms. The fourth-order valence-electron chi connectivity index (χ4n) is 3.00. The largest absolute Gasteiger partial charge is 0.479 e. The van der Waals surface area contributed by atoms with Crippen molar-refractivity contribution in [1.29, 1.82) is 0 Å². The van der Waals surface area contributed by atoms with Crippen molar-refractivity contribution < 1.29 is 57.8 Å². The Morgan fingerprint density at radius 2 is 1.15 bits per heavy atom. The molecule has 0 heterocycles. The van der Waals surface area contributed by atoms with Gasteiger partial charge in [0, 0.05) is 5.69 Å². The van der Waals surface area contributed by atoms with Gasteiger partial charge in [0.2, 0.25) is 0 Å². The lowest BCUT2D eigenvalue weighted by atomic mass is 10.1. The van der Waals surface area contributed by atoms with Crippen molar-refractivity contribution in [1.82, 2.24) is 0 Å². The lowest BCUT2D eigenvalue weighted by Gasteiger charge is -2.16. The molecule has 1 amide bonds. The zero-order valence-electron chi connectivity index (χ0n) is 22.2. The van der Waals surface area contributed by atoms with Crippen molar-refractivity contribution in [2.24, 2.45) is 0 Å². The Morgan fingerprint density at radius 3 is 1.65 bits per heavy atom. The molecule has 0 aromatic heterocycles. The molecule has 13 heteroatoms. The van der Waals surface area contributed by atoms with Crippen LogP contribution in [0.5, 0.6) is 11.5 Å².